The molecule has 4 heteroatoms. The van der Waals surface area contributed by atoms with Crippen LogP contribution in [0.1, 0.15) is 19.5 Å². The molecule has 0 saturated carbocycles. The highest BCUT2D eigenvalue weighted by Gasteiger charge is 2.32. The van der Waals surface area contributed by atoms with Crippen LogP contribution in [0.15, 0.2) is 12.3 Å². The molecule has 13 heavy (non-hydrogen) atoms. The maximum atomic E-state index is 10.1. The molecule has 1 aromatic heterocycles. The molecule has 0 bridgehead atoms. The summed E-state index contributed by atoms with van der Waals surface area (Å²) < 4.78 is 6.74. The van der Waals surface area contributed by atoms with Gasteiger partial charge in [0, 0.05) is 20.4 Å². The van der Waals surface area contributed by atoms with Gasteiger partial charge >= 0.3 is 0 Å². The minimum absolute atomic E-state index is 0.276. The Labute approximate surface area is 78.1 Å². The van der Waals surface area contributed by atoms with Gasteiger partial charge in [0.1, 0.15) is 5.60 Å². The highest BCUT2D eigenvalue weighted by molar-refractivity contribution is 5.11. The van der Waals surface area contributed by atoms with E-state index in [9.17, 15) is 5.11 Å². The molecule has 1 aromatic rings. The molecular formula is C9H16N2O2. The highest BCUT2D eigenvalue weighted by Crippen LogP contribution is 2.24. The van der Waals surface area contributed by atoms with Crippen molar-refractivity contribution in [2.75, 3.05) is 7.11 Å². The van der Waals surface area contributed by atoms with Crippen LogP contribution in [-0.2, 0) is 17.4 Å². The van der Waals surface area contributed by atoms with Crippen LogP contribution in [0, 0.1) is 0 Å². The number of aryl methyl sites for hydroxylation is 1. The van der Waals surface area contributed by atoms with Crippen molar-refractivity contribution in [2.45, 2.75) is 25.6 Å². The van der Waals surface area contributed by atoms with Gasteiger partial charge in [0.15, 0.2) is 0 Å². The van der Waals surface area contributed by atoms with Crippen LogP contribution in [0.4, 0.5) is 0 Å². The molecular weight excluding hydrogens is 168 g/mol. The maximum absolute atomic E-state index is 10.1. The van der Waals surface area contributed by atoms with Crippen LogP contribution in [0.3, 0.4) is 0 Å². The molecule has 2 atom stereocenters. The number of rotatable bonds is 3. The lowest BCUT2D eigenvalue weighted by Crippen LogP contribution is -2.36. The molecule has 0 aromatic carbocycles. The summed E-state index contributed by atoms with van der Waals surface area (Å²) in [5.41, 5.74) is -0.403. The van der Waals surface area contributed by atoms with Crippen molar-refractivity contribution < 1.29 is 9.84 Å². The quantitative estimate of drug-likeness (QED) is 0.750. The van der Waals surface area contributed by atoms with Crippen LogP contribution in [0.2, 0.25) is 0 Å². The Morgan fingerprint density at radius 3 is 2.69 bits per heavy atom. The third kappa shape index (κ3) is 1.89. The Morgan fingerprint density at radius 1 is 1.69 bits per heavy atom. The molecule has 0 amide bonds. The molecule has 0 aliphatic rings. The predicted molar refractivity (Wildman–Crippen MR) is 49.2 cm³/mol. The number of ether oxygens (including phenoxy) is 1. The van der Waals surface area contributed by atoms with E-state index >= 15 is 0 Å². The second-order valence-electron chi connectivity index (χ2n) is 3.40. The monoisotopic (exact) mass is 184 g/mol. The summed E-state index contributed by atoms with van der Waals surface area (Å²) in [6.07, 6.45) is 1.52. The zero-order valence-electron chi connectivity index (χ0n) is 8.48. The van der Waals surface area contributed by atoms with Crippen molar-refractivity contribution in [3.8, 4) is 0 Å². The number of hydrogen-bond donors (Lipinski definition) is 1. The summed E-state index contributed by atoms with van der Waals surface area (Å²) in [5.74, 6) is 0. The predicted octanol–water partition coefficient (Wildman–Crippen LogP) is 0.662. The van der Waals surface area contributed by atoms with Crippen molar-refractivity contribution in [3.63, 3.8) is 0 Å². The van der Waals surface area contributed by atoms with E-state index in [2.05, 4.69) is 5.10 Å². The number of aromatic nitrogens is 2. The van der Waals surface area contributed by atoms with Gasteiger partial charge in [0.2, 0.25) is 0 Å². The fourth-order valence-corrected chi connectivity index (χ4v) is 1.12. The van der Waals surface area contributed by atoms with E-state index < -0.39 is 5.60 Å². The van der Waals surface area contributed by atoms with Crippen LogP contribution < -0.4 is 0 Å². The zero-order valence-corrected chi connectivity index (χ0v) is 8.48. The second-order valence-corrected chi connectivity index (χ2v) is 3.40. The van der Waals surface area contributed by atoms with Crippen molar-refractivity contribution in [1.29, 1.82) is 0 Å². The summed E-state index contributed by atoms with van der Waals surface area (Å²) in [6.45, 7) is 3.51. The average molecular weight is 184 g/mol. The number of methoxy groups -OCH3 is 1. The topological polar surface area (TPSA) is 47.3 Å². The second kappa shape index (κ2) is 3.47. The molecule has 2 unspecified atom stereocenters. The lowest BCUT2D eigenvalue weighted by Gasteiger charge is -2.27. The van der Waals surface area contributed by atoms with Gasteiger partial charge < -0.3 is 9.84 Å². The molecule has 74 valence electrons. The molecule has 0 aliphatic heterocycles. The fraction of sp³-hybridized carbons (Fsp3) is 0.667. The first-order chi connectivity index (χ1) is 5.98. The maximum Gasteiger partial charge on any atom is 0.131 e. The standard InChI is InChI=1S/C9H16N2O2/c1-7(13-4)9(2,12)8-5-6-11(3)10-8/h5-7,12H,1-4H3. The minimum Gasteiger partial charge on any atom is -0.381 e. The van der Waals surface area contributed by atoms with Crippen molar-refractivity contribution >= 4 is 0 Å². The molecule has 1 N–H and O–H groups in total. The zero-order chi connectivity index (χ0) is 10.1. The largest absolute Gasteiger partial charge is 0.381 e. The van der Waals surface area contributed by atoms with Gasteiger partial charge in [-0.15, -0.1) is 0 Å². The average Bonchev–Trinajstić information content (AvgIpc) is 2.50. The van der Waals surface area contributed by atoms with Gasteiger partial charge in [-0.1, -0.05) is 0 Å². The number of aliphatic hydroxyl groups is 1. The lowest BCUT2D eigenvalue weighted by molar-refractivity contribution is -0.0800. The number of nitrogens with zero attached hydrogens (tertiary/aromatic N) is 2. The van der Waals surface area contributed by atoms with Crippen LogP contribution in [0.5, 0.6) is 0 Å². The molecule has 1 rings (SSSR count). The van der Waals surface area contributed by atoms with E-state index in [0.29, 0.717) is 5.69 Å². The van der Waals surface area contributed by atoms with E-state index in [1.807, 2.05) is 14.0 Å². The lowest BCUT2D eigenvalue weighted by atomic mass is 9.96. The van der Waals surface area contributed by atoms with Gasteiger partial charge in [-0.25, -0.2) is 0 Å². The van der Waals surface area contributed by atoms with Gasteiger partial charge in [-0.2, -0.15) is 5.10 Å². The first-order valence-corrected chi connectivity index (χ1v) is 4.23. The van der Waals surface area contributed by atoms with Gasteiger partial charge in [0.05, 0.1) is 11.8 Å². The van der Waals surface area contributed by atoms with E-state index in [1.165, 1.54) is 0 Å². The first kappa shape index (κ1) is 10.2. The Balaban J connectivity index is 2.92. The third-order valence-electron chi connectivity index (χ3n) is 2.38. The molecule has 1 heterocycles. The Hall–Kier alpha value is -0.870. The fourth-order valence-electron chi connectivity index (χ4n) is 1.12. The summed E-state index contributed by atoms with van der Waals surface area (Å²) >= 11 is 0. The van der Waals surface area contributed by atoms with E-state index in [0.717, 1.165) is 0 Å². The molecule has 4 nitrogen and oxygen atoms in total. The molecule has 0 aliphatic carbocycles. The normalized spacial score (nSPS) is 18.2. The van der Waals surface area contributed by atoms with E-state index in [1.54, 1.807) is 31.0 Å². The summed E-state index contributed by atoms with van der Waals surface area (Å²) in [4.78, 5) is 0. The van der Waals surface area contributed by atoms with Crippen molar-refractivity contribution in [1.82, 2.24) is 9.78 Å². The van der Waals surface area contributed by atoms with Gasteiger partial charge in [-0.05, 0) is 19.9 Å². The SMILES string of the molecule is COC(C)C(C)(O)c1ccn(C)n1. The van der Waals surface area contributed by atoms with Gasteiger partial charge in [-0.3, -0.25) is 4.68 Å². The summed E-state index contributed by atoms with van der Waals surface area (Å²) in [7, 11) is 3.39. The Kier molecular flexibility index (Phi) is 2.73. The van der Waals surface area contributed by atoms with Crippen molar-refractivity contribution in [3.05, 3.63) is 18.0 Å². The van der Waals surface area contributed by atoms with E-state index in [-0.39, 0.29) is 6.10 Å². The van der Waals surface area contributed by atoms with Crippen LogP contribution >= 0.6 is 0 Å². The smallest absolute Gasteiger partial charge is 0.131 e. The molecule has 0 saturated heterocycles. The first-order valence-electron chi connectivity index (χ1n) is 4.23. The summed E-state index contributed by atoms with van der Waals surface area (Å²) in [6, 6.07) is 1.79. The Morgan fingerprint density at radius 2 is 2.31 bits per heavy atom. The van der Waals surface area contributed by atoms with Gasteiger partial charge in [0.25, 0.3) is 0 Å². The molecule has 0 fully saturated rings. The third-order valence-corrected chi connectivity index (χ3v) is 2.38. The van der Waals surface area contributed by atoms with Crippen LogP contribution in [-0.4, -0.2) is 28.1 Å². The minimum atomic E-state index is -1.03. The van der Waals surface area contributed by atoms with Crippen molar-refractivity contribution in [2.24, 2.45) is 7.05 Å². The Bertz CT molecular complexity index is 281. The van der Waals surface area contributed by atoms with Crippen LogP contribution in [0.25, 0.3) is 0 Å². The number of hydrogen-bond acceptors (Lipinski definition) is 3. The molecule has 0 spiro atoms. The molecule has 0 radical (unpaired) electrons. The summed E-state index contributed by atoms with van der Waals surface area (Å²) in [5, 5.41) is 14.2. The van der Waals surface area contributed by atoms with E-state index in [4.69, 9.17) is 4.74 Å². The highest BCUT2D eigenvalue weighted by atomic mass is 16.5.